The van der Waals surface area contributed by atoms with Crippen molar-refractivity contribution in [3.63, 3.8) is 0 Å². The number of aryl methyl sites for hydroxylation is 1. The minimum Gasteiger partial charge on any atom is -0.380 e. The molecule has 0 aliphatic heterocycles. The number of nitrogens with zero attached hydrogens (tertiary/aromatic N) is 1. The first-order chi connectivity index (χ1) is 9.04. The van der Waals surface area contributed by atoms with Crippen molar-refractivity contribution in [1.29, 1.82) is 0 Å². The number of aromatic nitrogens is 1. The molecule has 0 saturated heterocycles. The Balaban J connectivity index is 2.27. The second kappa shape index (κ2) is 8.38. The van der Waals surface area contributed by atoms with Crippen molar-refractivity contribution in [2.45, 2.75) is 33.7 Å². The van der Waals surface area contributed by atoms with Gasteiger partial charge >= 0.3 is 0 Å². The van der Waals surface area contributed by atoms with Gasteiger partial charge in [0.2, 0.25) is 0 Å². The lowest BCUT2D eigenvalue weighted by Gasteiger charge is -2.09. The quantitative estimate of drug-likeness (QED) is 0.744. The van der Waals surface area contributed by atoms with Gasteiger partial charge in [0.1, 0.15) is 5.69 Å². The molecule has 1 aromatic heterocycles. The Hall–Kier alpha value is -0.810. The lowest BCUT2D eigenvalue weighted by Crippen LogP contribution is -2.29. The van der Waals surface area contributed by atoms with E-state index < -0.39 is 0 Å². The van der Waals surface area contributed by atoms with Gasteiger partial charge in [0, 0.05) is 30.4 Å². The van der Waals surface area contributed by atoms with E-state index in [1.54, 1.807) is 0 Å². The molecule has 0 saturated carbocycles. The summed E-state index contributed by atoms with van der Waals surface area (Å²) >= 11 is 3.38. The standard InChI is InChI=1S/C14H23BrN2O2/c1-4-17-10-12(15)9-13(17)14(18)16-6-8-19-7-5-11(2)3/h9-11H,4-8H2,1-3H3,(H,16,18). The highest BCUT2D eigenvalue weighted by molar-refractivity contribution is 9.10. The van der Waals surface area contributed by atoms with Crippen LogP contribution in [0.5, 0.6) is 0 Å². The highest BCUT2D eigenvalue weighted by Gasteiger charge is 2.11. The molecule has 0 aliphatic carbocycles. The van der Waals surface area contributed by atoms with Gasteiger partial charge in [-0.1, -0.05) is 13.8 Å². The highest BCUT2D eigenvalue weighted by Crippen LogP contribution is 2.14. The summed E-state index contributed by atoms with van der Waals surface area (Å²) in [6, 6.07) is 1.83. The number of rotatable bonds is 8. The van der Waals surface area contributed by atoms with Crippen molar-refractivity contribution in [2.24, 2.45) is 5.92 Å². The van der Waals surface area contributed by atoms with Crippen molar-refractivity contribution >= 4 is 21.8 Å². The van der Waals surface area contributed by atoms with Crippen LogP contribution in [-0.4, -0.2) is 30.2 Å². The van der Waals surface area contributed by atoms with E-state index in [0.29, 0.717) is 24.8 Å². The molecule has 1 aromatic rings. The fraction of sp³-hybridized carbons (Fsp3) is 0.643. The summed E-state index contributed by atoms with van der Waals surface area (Å²) in [6.07, 6.45) is 2.97. The zero-order valence-corrected chi connectivity index (χ0v) is 13.5. The molecule has 5 heteroatoms. The molecule has 1 heterocycles. The normalized spacial score (nSPS) is 11.0. The molecule has 0 unspecified atom stereocenters. The SMILES string of the molecule is CCn1cc(Br)cc1C(=O)NCCOCCC(C)C. The van der Waals surface area contributed by atoms with E-state index in [0.717, 1.165) is 24.0 Å². The molecule has 0 fully saturated rings. The Morgan fingerprint density at radius 3 is 2.84 bits per heavy atom. The third-order valence-corrected chi connectivity index (χ3v) is 3.24. The topological polar surface area (TPSA) is 43.3 Å². The van der Waals surface area contributed by atoms with Gasteiger partial charge < -0.3 is 14.6 Å². The fourth-order valence-corrected chi connectivity index (χ4v) is 2.14. The van der Waals surface area contributed by atoms with Crippen LogP contribution < -0.4 is 5.32 Å². The van der Waals surface area contributed by atoms with Gasteiger partial charge in [-0.15, -0.1) is 0 Å². The minimum absolute atomic E-state index is 0.0555. The van der Waals surface area contributed by atoms with Crippen LogP contribution in [0.3, 0.4) is 0 Å². The minimum atomic E-state index is -0.0555. The van der Waals surface area contributed by atoms with E-state index in [1.807, 2.05) is 23.8 Å². The van der Waals surface area contributed by atoms with Crippen LogP contribution >= 0.6 is 15.9 Å². The van der Waals surface area contributed by atoms with Crippen molar-refractivity contribution in [2.75, 3.05) is 19.8 Å². The van der Waals surface area contributed by atoms with Crippen molar-refractivity contribution in [3.05, 3.63) is 22.4 Å². The van der Waals surface area contributed by atoms with Crippen molar-refractivity contribution in [1.82, 2.24) is 9.88 Å². The second-order valence-electron chi connectivity index (χ2n) is 4.88. The lowest BCUT2D eigenvalue weighted by molar-refractivity contribution is 0.0897. The predicted molar refractivity (Wildman–Crippen MR) is 80.4 cm³/mol. The third kappa shape index (κ3) is 5.78. The first-order valence-corrected chi connectivity index (χ1v) is 7.55. The van der Waals surface area contributed by atoms with Gasteiger partial charge in [-0.25, -0.2) is 0 Å². The van der Waals surface area contributed by atoms with Crippen LogP contribution in [-0.2, 0) is 11.3 Å². The summed E-state index contributed by atoms with van der Waals surface area (Å²) in [7, 11) is 0. The Labute approximate surface area is 123 Å². The van der Waals surface area contributed by atoms with Gasteiger partial charge in [0.05, 0.1) is 6.61 Å². The zero-order chi connectivity index (χ0) is 14.3. The monoisotopic (exact) mass is 330 g/mol. The molecule has 0 aromatic carbocycles. The molecule has 19 heavy (non-hydrogen) atoms. The number of carbonyl (C=O) groups excluding carboxylic acids is 1. The molecule has 0 radical (unpaired) electrons. The van der Waals surface area contributed by atoms with Crippen LogP contribution in [0.4, 0.5) is 0 Å². The first kappa shape index (κ1) is 16.2. The molecular formula is C14H23BrN2O2. The number of hydrogen-bond donors (Lipinski definition) is 1. The smallest absolute Gasteiger partial charge is 0.268 e. The first-order valence-electron chi connectivity index (χ1n) is 6.76. The molecular weight excluding hydrogens is 308 g/mol. The molecule has 0 spiro atoms. The van der Waals surface area contributed by atoms with E-state index in [9.17, 15) is 4.79 Å². The molecule has 1 N–H and O–H groups in total. The summed E-state index contributed by atoms with van der Waals surface area (Å²) in [5, 5.41) is 2.87. The number of carbonyl (C=O) groups is 1. The van der Waals surface area contributed by atoms with Gasteiger partial charge in [-0.05, 0) is 41.3 Å². The van der Waals surface area contributed by atoms with E-state index in [4.69, 9.17) is 4.74 Å². The Kier molecular flexibility index (Phi) is 7.16. The van der Waals surface area contributed by atoms with Crippen molar-refractivity contribution in [3.8, 4) is 0 Å². The maximum absolute atomic E-state index is 12.0. The molecule has 0 bridgehead atoms. The molecule has 108 valence electrons. The fourth-order valence-electron chi connectivity index (χ4n) is 1.68. The van der Waals surface area contributed by atoms with E-state index in [1.165, 1.54) is 0 Å². The Morgan fingerprint density at radius 1 is 1.47 bits per heavy atom. The Morgan fingerprint density at radius 2 is 2.21 bits per heavy atom. The van der Waals surface area contributed by atoms with Crippen LogP contribution in [0, 0.1) is 5.92 Å². The number of nitrogens with one attached hydrogen (secondary N) is 1. The summed E-state index contributed by atoms with van der Waals surface area (Å²) in [4.78, 5) is 12.0. The number of hydrogen-bond acceptors (Lipinski definition) is 2. The van der Waals surface area contributed by atoms with Crippen LogP contribution in [0.1, 0.15) is 37.7 Å². The van der Waals surface area contributed by atoms with Crippen LogP contribution in [0.15, 0.2) is 16.7 Å². The van der Waals surface area contributed by atoms with Crippen LogP contribution in [0.2, 0.25) is 0 Å². The summed E-state index contributed by atoms with van der Waals surface area (Å²) in [5.74, 6) is 0.597. The summed E-state index contributed by atoms with van der Waals surface area (Å²) < 4.78 is 8.30. The Bertz CT molecular complexity index is 402. The van der Waals surface area contributed by atoms with Gasteiger partial charge in [-0.3, -0.25) is 4.79 Å². The van der Waals surface area contributed by atoms with E-state index in [2.05, 4.69) is 35.1 Å². The van der Waals surface area contributed by atoms with Crippen molar-refractivity contribution < 1.29 is 9.53 Å². The maximum Gasteiger partial charge on any atom is 0.268 e. The average molecular weight is 331 g/mol. The number of ether oxygens (including phenoxy) is 1. The maximum atomic E-state index is 12.0. The lowest BCUT2D eigenvalue weighted by atomic mass is 10.1. The largest absolute Gasteiger partial charge is 0.380 e. The van der Waals surface area contributed by atoms with Gasteiger partial charge in [0.25, 0.3) is 5.91 Å². The number of amides is 1. The predicted octanol–water partition coefficient (Wildman–Crippen LogP) is 3.06. The zero-order valence-electron chi connectivity index (χ0n) is 11.9. The van der Waals surface area contributed by atoms with Crippen LogP contribution in [0.25, 0.3) is 0 Å². The second-order valence-corrected chi connectivity index (χ2v) is 5.80. The van der Waals surface area contributed by atoms with Gasteiger partial charge in [0.15, 0.2) is 0 Å². The molecule has 1 rings (SSSR count). The molecule has 1 amide bonds. The number of halogens is 1. The summed E-state index contributed by atoms with van der Waals surface area (Å²) in [5.41, 5.74) is 0.677. The van der Waals surface area contributed by atoms with Gasteiger partial charge in [-0.2, -0.15) is 0 Å². The van der Waals surface area contributed by atoms with E-state index in [-0.39, 0.29) is 5.91 Å². The van der Waals surface area contributed by atoms with E-state index >= 15 is 0 Å². The highest BCUT2D eigenvalue weighted by atomic mass is 79.9. The summed E-state index contributed by atoms with van der Waals surface area (Å²) in [6.45, 7) is 8.99. The molecule has 0 atom stereocenters. The molecule has 4 nitrogen and oxygen atoms in total. The molecule has 0 aliphatic rings. The average Bonchev–Trinajstić information content (AvgIpc) is 2.74. The third-order valence-electron chi connectivity index (χ3n) is 2.81.